The lowest BCUT2D eigenvalue weighted by molar-refractivity contribution is -0.139. The van der Waals surface area contributed by atoms with Gasteiger partial charge in [0, 0.05) is 26.8 Å². The number of amides is 2. The molecule has 2 N–H and O–H groups in total. The Bertz CT molecular complexity index is 328. The number of carbonyl (C=O) groups excluding carboxylic acids is 1. The van der Waals surface area contributed by atoms with Gasteiger partial charge >= 0.3 is 12.0 Å². The fraction of sp³-hybridized carbons (Fsp3) is 0.867. The van der Waals surface area contributed by atoms with E-state index in [9.17, 15) is 9.59 Å². The molecule has 21 heavy (non-hydrogen) atoms. The van der Waals surface area contributed by atoms with Gasteiger partial charge in [-0.25, -0.2) is 9.59 Å². The fourth-order valence-corrected chi connectivity index (χ4v) is 2.76. The number of urea groups is 1. The number of carboxylic acids is 1. The van der Waals surface area contributed by atoms with E-state index >= 15 is 0 Å². The molecule has 1 unspecified atom stereocenters. The second-order valence-corrected chi connectivity index (χ2v) is 5.69. The van der Waals surface area contributed by atoms with Crippen LogP contribution in [0.25, 0.3) is 0 Å². The molecule has 1 aliphatic heterocycles. The van der Waals surface area contributed by atoms with Crippen molar-refractivity contribution in [2.24, 2.45) is 5.92 Å². The summed E-state index contributed by atoms with van der Waals surface area (Å²) in [7, 11) is 1.58. The molecule has 6 nitrogen and oxygen atoms in total. The lowest BCUT2D eigenvalue weighted by atomic mass is 9.93. The standard InChI is InChI=1S/C15H28N2O4/c1-3-5-12-7-9-17(10-8-12)15(20)16-13(14(18)19)6-4-11-21-2/h12-13H,3-11H2,1-2H3,(H,16,20)(H,18,19). The topological polar surface area (TPSA) is 78.9 Å². The van der Waals surface area contributed by atoms with Crippen molar-refractivity contribution in [3.63, 3.8) is 0 Å². The molecule has 0 radical (unpaired) electrons. The summed E-state index contributed by atoms with van der Waals surface area (Å²) in [6.45, 7) is 4.13. The van der Waals surface area contributed by atoms with E-state index in [1.54, 1.807) is 12.0 Å². The predicted octanol–water partition coefficient (Wildman–Crippen LogP) is 2.09. The third-order valence-electron chi connectivity index (χ3n) is 4.04. The molecule has 1 rings (SSSR count). The SMILES string of the molecule is CCCC1CCN(C(=O)NC(CCCOC)C(=O)O)CC1. The summed E-state index contributed by atoms with van der Waals surface area (Å²) in [6.07, 6.45) is 5.43. The number of piperidine rings is 1. The van der Waals surface area contributed by atoms with Crippen LogP contribution < -0.4 is 5.32 Å². The number of ether oxygens (including phenoxy) is 1. The van der Waals surface area contributed by atoms with Gasteiger partial charge in [-0.3, -0.25) is 0 Å². The minimum atomic E-state index is -0.986. The molecule has 6 heteroatoms. The van der Waals surface area contributed by atoms with E-state index in [-0.39, 0.29) is 6.03 Å². The van der Waals surface area contributed by atoms with Gasteiger partial charge in [0.05, 0.1) is 0 Å². The summed E-state index contributed by atoms with van der Waals surface area (Å²) in [4.78, 5) is 25.0. The highest BCUT2D eigenvalue weighted by Gasteiger charge is 2.26. The zero-order valence-corrected chi connectivity index (χ0v) is 13.1. The molecule has 0 saturated carbocycles. The Morgan fingerprint density at radius 2 is 2.05 bits per heavy atom. The van der Waals surface area contributed by atoms with E-state index < -0.39 is 12.0 Å². The zero-order valence-electron chi connectivity index (χ0n) is 13.1. The van der Waals surface area contributed by atoms with Crippen molar-refractivity contribution in [3.05, 3.63) is 0 Å². The molecule has 0 aromatic rings. The molecule has 1 atom stereocenters. The Kier molecular flexibility index (Phi) is 8.12. The van der Waals surface area contributed by atoms with Gasteiger partial charge in [-0.05, 0) is 31.6 Å². The number of hydrogen-bond acceptors (Lipinski definition) is 3. The molecule has 1 aliphatic rings. The van der Waals surface area contributed by atoms with Crippen LogP contribution in [-0.2, 0) is 9.53 Å². The Morgan fingerprint density at radius 3 is 2.57 bits per heavy atom. The molecule has 0 bridgehead atoms. The molecule has 0 aromatic carbocycles. The van der Waals surface area contributed by atoms with Gasteiger partial charge in [0.25, 0.3) is 0 Å². The normalized spacial score (nSPS) is 17.5. The highest BCUT2D eigenvalue weighted by atomic mass is 16.5. The van der Waals surface area contributed by atoms with E-state index in [0.29, 0.717) is 25.4 Å². The summed E-state index contributed by atoms with van der Waals surface area (Å²) in [5.74, 6) is -0.281. The summed E-state index contributed by atoms with van der Waals surface area (Å²) in [5, 5.41) is 11.8. The van der Waals surface area contributed by atoms with Gasteiger partial charge < -0.3 is 20.1 Å². The van der Waals surface area contributed by atoms with Gasteiger partial charge in [0.1, 0.15) is 6.04 Å². The molecule has 122 valence electrons. The van der Waals surface area contributed by atoms with Crippen molar-refractivity contribution in [2.75, 3.05) is 26.8 Å². The number of nitrogens with zero attached hydrogens (tertiary/aromatic N) is 1. The predicted molar refractivity (Wildman–Crippen MR) is 80.3 cm³/mol. The van der Waals surface area contributed by atoms with E-state index in [1.807, 2.05) is 0 Å². The molecule has 0 aliphatic carbocycles. The molecule has 0 spiro atoms. The number of hydrogen-bond donors (Lipinski definition) is 2. The van der Waals surface area contributed by atoms with Crippen LogP contribution >= 0.6 is 0 Å². The maximum Gasteiger partial charge on any atom is 0.326 e. The lowest BCUT2D eigenvalue weighted by Crippen LogP contribution is -2.50. The van der Waals surface area contributed by atoms with Gasteiger partial charge in [-0.2, -0.15) is 0 Å². The largest absolute Gasteiger partial charge is 0.480 e. The minimum absolute atomic E-state index is 0.255. The van der Waals surface area contributed by atoms with Crippen molar-refractivity contribution in [1.82, 2.24) is 10.2 Å². The maximum atomic E-state index is 12.1. The highest BCUT2D eigenvalue weighted by molar-refractivity contribution is 5.82. The highest BCUT2D eigenvalue weighted by Crippen LogP contribution is 2.21. The van der Waals surface area contributed by atoms with Crippen LogP contribution in [0.4, 0.5) is 4.79 Å². The molecule has 1 saturated heterocycles. The van der Waals surface area contributed by atoms with E-state index in [2.05, 4.69) is 12.2 Å². The third-order valence-corrected chi connectivity index (χ3v) is 4.04. The van der Waals surface area contributed by atoms with Crippen molar-refractivity contribution in [3.8, 4) is 0 Å². The maximum absolute atomic E-state index is 12.1. The Labute approximate surface area is 126 Å². The Balaban J connectivity index is 2.38. The number of carboxylic acid groups (broad SMARTS) is 1. The number of aliphatic carboxylic acids is 1. The van der Waals surface area contributed by atoms with Gasteiger partial charge in [-0.1, -0.05) is 19.8 Å². The Hall–Kier alpha value is -1.30. The quantitative estimate of drug-likeness (QED) is 0.673. The number of likely N-dealkylation sites (tertiary alicyclic amines) is 1. The van der Waals surface area contributed by atoms with Crippen LogP contribution in [0.3, 0.4) is 0 Å². The third kappa shape index (κ3) is 6.33. The van der Waals surface area contributed by atoms with Gasteiger partial charge in [0.2, 0.25) is 0 Å². The zero-order chi connectivity index (χ0) is 15.7. The van der Waals surface area contributed by atoms with Gasteiger partial charge in [0.15, 0.2) is 0 Å². The number of carbonyl (C=O) groups is 2. The minimum Gasteiger partial charge on any atom is -0.480 e. The van der Waals surface area contributed by atoms with E-state index in [4.69, 9.17) is 9.84 Å². The van der Waals surface area contributed by atoms with Crippen molar-refractivity contribution >= 4 is 12.0 Å². The molecule has 1 fully saturated rings. The monoisotopic (exact) mass is 300 g/mol. The Morgan fingerprint density at radius 1 is 1.38 bits per heavy atom. The second-order valence-electron chi connectivity index (χ2n) is 5.69. The first-order valence-corrected chi connectivity index (χ1v) is 7.85. The first-order chi connectivity index (χ1) is 10.1. The number of rotatable bonds is 8. The second kappa shape index (κ2) is 9.60. The van der Waals surface area contributed by atoms with Crippen molar-refractivity contribution in [2.45, 2.75) is 51.5 Å². The average molecular weight is 300 g/mol. The summed E-state index contributed by atoms with van der Waals surface area (Å²) in [5.41, 5.74) is 0. The molecule has 1 heterocycles. The average Bonchev–Trinajstić information content (AvgIpc) is 2.47. The molecular weight excluding hydrogens is 272 g/mol. The molecule has 0 aromatic heterocycles. The van der Waals surface area contributed by atoms with Gasteiger partial charge in [-0.15, -0.1) is 0 Å². The van der Waals surface area contributed by atoms with Crippen LogP contribution in [-0.4, -0.2) is 54.9 Å². The number of methoxy groups -OCH3 is 1. The smallest absolute Gasteiger partial charge is 0.326 e. The fourth-order valence-electron chi connectivity index (χ4n) is 2.76. The molecular formula is C15H28N2O4. The summed E-state index contributed by atoms with van der Waals surface area (Å²) in [6, 6.07) is -1.09. The van der Waals surface area contributed by atoms with Crippen LogP contribution in [0, 0.1) is 5.92 Å². The van der Waals surface area contributed by atoms with Crippen LogP contribution in [0.2, 0.25) is 0 Å². The lowest BCUT2D eigenvalue weighted by Gasteiger charge is -2.32. The van der Waals surface area contributed by atoms with E-state index in [0.717, 1.165) is 25.9 Å². The first kappa shape index (κ1) is 17.8. The van der Waals surface area contributed by atoms with Crippen molar-refractivity contribution < 1.29 is 19.4 Å². The van der Waals surface area contributed by atoms with Crippen molar-refractivity contribution in [1.29, 1.82) is 0 Å². The van der Waals surface area contributed by atoms with Crippen LogP contribution in [0.5, 0.6) is 0 Å². The summed E-state index contributed by atoms with van der Waals surface area (Å²) >= 11 is 0. The number of nitrogens with one attached hydrogen (secondary N) is 1. The first-order valence-electron chi connectivity index (χ1n) is 7.85. The summed E-state index contributed by atoms with van der Waals surface area (Å²) < 4.78 is 4.91. The van der Waals surface area contributed by atoms with Crippen LogP contribution in [0.15, 0.2) is 0 Å². The molecule has 2 amide bonds. The van der Waals surface area contributed by atoms with E-state index in [1.165, 1.54) is 12.8 Å². The van der Waals surface area contributed by atoms with Crippen LogP contribution in [0.1, 0.15) is 45.4 Å².